The van der Waals surface area contributed by atoms with Crippen LogP contribution in [0, 0.1) is 17.8 Å². The molecule has 1 fully saturated rings. The maximum atomic E-state index is 2.70. The molecule has 1 aliphatic heterocycles. The molecule has 2 aliphatic rings. The topological polar surface area (TPSA) is 3.24 Å². The smallest absolute Gasteiger partial charge is 0.0449 e. The molecule has 0 amide bonds. The van der Waals surface area contributed by atoms with Crippen molar-refractivity contribution in [3.63, 3.8) is 0 Å². The van der Waals surface area contributed by atoms with E-state index in [4.69, 9.17) is 0 Å². The highest BCUT2D eigenvalue weighted by molar-refractivity contribution is 5.74. The van der Waals surface area contributed by atoms with Crippen molar-refractivity contribution in [2.24, 2.45) is 17.8 Å². The lowest BCUT2D eigenvalue weighted by Gasteiger charge is -2.34. The fraction of sp³-hybridized carbons (Fsp3) is 0.571. The van der Waals surface area contributed by atoms with E-state index >= 15 is 0 Å². The van der Waals surface area contributed by atoms with Crippen molar-refractivity contribution in [1.82, 2.24) is 0 Å². The van der Waals surface area contributed by atoms with Crippen LogP contribution in [0.5, 0.6) is 0 Å². The average molecular weight is 390 g/mol. The van der Waals surface area contributed by atoms with Gasteiger partial charge in [0.1, 0.15) is 0 Å². The number of rotatable bonds is 1. The minimum absolute atomic E-state index is 0.135. The summed E-state index contributed by atoms with van der Waals surface area (Å²) in [6.45, 7) is 21.4. The van der Waals surface area contributed by atoms with Crippen LogP contribution in [0.3, 0.4) is 0 Å². The molecule has 0 spiro atoms. The van der Waals surface area contributed by atoms with Crippen molar-refractivity contribution in [2.45, 2.75) is 85.1 Å². The fourth-order valence-corrected chi connectivity index (χ4v) is 5.69. The maximum Gasteiger partial charge on any atom is 0.0449 e. The Labute approximate surface area is 178 Å². The number of anilines is 2. The molecule has 1 saturated carbocycles. The van der Waals surface area contributed by atoms with Crippen LogP contribution in [-0.4, -0.2) is 6.04 Å². The molecule has 0 saturated heterocycles. The van der Waals surface area contributed by atoms with Gasteiger partial charge in [0.05, 0.1) is 0 Å². The molecule has 1 nitrogen and oxygen atoms in total. The van der Waals surface area contributed by atoms with Crippen molar-refractivity contribution in [3.8, 4) is 0 Å². The molecular formula is C28H39N. The van der Waals surface area contributed by atoms with E-state index in [2.05, 4.69) is 110 Å². The van der Waals surface area contributed by atoms with Gasteiger partial charge < -0.3 is 4.90 Å². The second kappa shape index (κ2) is 6.62. The van der Waals surface area contributed by atoms with E-state index in [1.54, 1.807) is 5.56 Å². The Morgan fingerprint density at radius 1 is 0.690 bits per heavy atom. The van der Waals surface area contributed by atoms with Gasteiger partial charge in [-0.25, -0.2) is 0 Å². The summed E-state index contributed by atoms with van der Waals surface area (Å²) in [4.78, 5) is 2.70. The molecule has 2 aromatic carbocycles. The van der Waals surface area contributed by atoms with Crippen LogP contribution < -0.4 is 4.90 Å². The molecule has 0 bridgehead atoms. The third-order valence-electron chi connectivity index (χ3n) is 7.91. The fourth-order valence-electron chi connectivity index (χ4n) is 5.69. The number of para-hydroxylation sites is 1. The van der Waals surface area contributed by atoms with Gasteiger partial charge in [0, 0.05) is 23.3 Å². The lowest BCUT2D eigenvalue weighted by Crippen LogP contribution is -2.33. The minimum atomic E-state index is 0.135. The van der Waals surface area contributed by atoms with Gasteiger partial charge >= 0.3 is 0 Å². The Kier molecular flexibility index (Phi) is 4.68. The van der Waals surface area contributed by atoms with E-state index in [0.29, 0.717) is 23.8 Å². The van der Waals surface area contributed by atoms with E-state index in [1.807, 2.05) is 0 Å². The van der Waals surface area contributed by atoms with Gasteiger partial charge in [-0.05, 0) is 63.5 Å². The Hall–Kier alpha value is -1.76. The predicted octanol–water partition coefficient (Wildman–Crippen LogP) is 7.81. The van der Waals surface area contributed by atoms with Crippen LogP contribution in [0.2, 0.25) is 0 Å². The van der Waals surface area contributed by atoms with E-state index in [1.165, 1.54) is 22.5 Å². The SMILES string of the molecule is CC1C(C)C2c3ccccc3N(c3cc(C(C)(C)C)cc(C(C)(C)C)c3)C2C1C. The summed E-state index contributed by atoms with van der Waals surface area (Å²) >= 11 is 0. The Balaban J connectivity index is 1.94. The first-order valence-electron chi connectivity index (χ1n) is 11.5. The van der Waals surface area contributed by atoms with Gasteiger partial charge in [0.2, 0.25) is 0 Å². The zero-order valence-electron chi connectivity index (χ0n) is 19.9. The highest BCUT2D eigenvalue weighted by Crippen LogP contribution is 2.58. The molecule has 4 rings (SSSR count). The number of nitrogens with zero attached hydrogens (tertiary/aromatic N) is 1. The van der Waals surface area contributed by atoms with E-state index < -0.39 is 0 Å². The summed E-state index contributed by atoms with van der Waals surface area (Å²) < 4.78 is 0. The van der Waals surface area contributed by atoms with Gasteiger partial charge in [0.15, 0.2) is 0 Å². The van der Waals surface area contributed by atoms with E-state index in [0.717, 1.165) is 5.92 Å². The lowest BCUT2D eigenvalue weighted by atomic mass is 9.80. The van der Waals surface area contributed by atoms with Crippen LogP contribution >= 0.6 is 0 Å². The van der Waals surface area contributed by atoms with E-state index in [9.17, 15) is 0 Å². The monoisotopic (exact) mass is 389 g/mol. The predicted molar refractivity (Wildman–Crippen MR) is 126 cm³/mol. The Morgan fingerprint density at radius 3 is 1.79 bits per heavy atom. The maximum absolute atomic E-state index is 2.70. The molecule has 5 atom stereocenters. The molecule has 0 aromatic heterocycles. The first-order valence-corrected chi connectivity index (χ1v) is 11.5. The van der Waals surface area contributed by atoms with Crippen LogP contribution in [0.15, 0.2) is 42.5 Å². The first kappa shape index (κ1) is 20.5. The molecule has 2 aromatic rings. The standard InChI is InChI=1S/C28H39N/c1-17-18(2)25-23-12-10-11-13-24(23)29(26(25)19(17)3)22-15-20(27(4,5)6)14-21(16-22)28(7,8)9/h10-19,25-26H,1-9H3. The number of hydrogen-bond acceptors (Lipinski definition) is 1. The van der Waals surface area contributed by atoms with Gasteiger partial charge in [-0.2, -0.15) is 0 Å². The molecule has 156 valence electrons. The summed E-state index contributed by atoms with van der Waals surface area (Å²) in [6, 6.07) is 17.1. The summed E-state index contributed by atoms with van der Waals surface area (Å²) in [5, 5.41) is 0. The second-order valence-corrected chi connectivity index (χ2v) is 11.8. The minimum Gasteiger partial charge on any atom is -0.337 e. The average Bonchev–Trinajstić information content (AvgIpc) is 3.09. The largest absolute Gasteiger partial charge is 0.337 e. The van der Waals surface area contributed by atoms with Gasteiger partial charge in [-0.15, -0.1) is 0 Å². The van der Waals surface area contributed by atoms with Gasteiger partial charge in [-0.1, -0.05) is 86.6 Å². The molecule has 5 unspecified atom stereocenters. The van der Waals surface area contributed by atoms with E-state index in [-0.39, 0.29) is 10.8 Å². The zero-order valence-corrected chi connectivity index (χ0v) is 19.9. The van der Waals surface area contributed by atoms with Crippen LogP contribution in [0.1, 0.15) is 84.9 Å². The Bertz CT molecular complexity index is 878. The normalized spacial score (nSPS) is 29.1. The van der Waals surface area contributed by atoms with Crippen LogP contribution in [0.4, 0.5) is 11.4 Å². The molecule has 1 aliphatic carbocycles. The van der Waals surface area contributed by atoms with Crippen molar-refractivity contribution < 1.29 is 0 Å². The van der Waals surface area contributed by atoms with Crippen LogP contribution in [0.25, 0.3) is 0 Å². The summed E-state index contributed by atoms with van der Waals surface area (Å²) in [5.41, 5.74) is 7.52. The zero-order chi connectivity index (χ0) is 21.3. The first-order chi connectivity index (χ1) is 13.4. The number of benzene rings is 2. The highest BCUT2D eigenvalue weighted by atomic mass is 15.2. The van der Waals surface area contributed by atoms with Gasteiger partial charge in [0.25, 0.3) is 0 Å². The van der Waals surface area contributed by atoms with Crippen LogP contribution in [-0.2, 0) is 10.8 Å². The third kappa shape index (κ3) is 3.22. The van der Waals surface area contributed by atoms with Gasteiger partial charge in [-0.3, -0.25) is 0 Å². The molecule has 29 heavy (non-hydrogen) atoms. The van der Waals surface area contributed by atoms with Crippen molar-refractivity contribution in [1.29, 1.82) is 0 Å². The van der Waals surface area contributed by atoms with Crippen molar-refractivity contribution in [2.75, 3.05) is 4.90 Å². The molecule has 1 heteroatoms. The van der Waals surface area contributed by atoms with Crippen molar-refractivity contribution in [3.05, 3.63) is 59.2 Å². The third-order valence-corrected chi connectivity index (χ3v) is 7.91. The lowest BCUT2D eigenvalue weighted by molar-refractivity contribution is 0.362. The highest BCUT2D eigenvalue weighted by Gasteiger charge is 2.52. The molecule has 0 N–H and O–H groups in total. The quantitative estimate of drug-likeness (QED) is 0.481. The molecular weight excluding hydrogens is 350 g/mol. The Morgan fingerprint density at radius 2 is 1.24 bits per heavy atom. The molecule has 1 heterocycles. The summed E-state index contributed by atoms with van der Waals surface area (Å²) in [5.74, 6) is 2.77. The number of fused-ring (bicyclic) bond motifs is 3. The summed E-state index contributed by atoms with van der Waals surface area (Å²) in [7, 11) is 0. The second-order valence-electron chi connectivity index (χ2n) is 11.8. The number of hydrogen-bond donors (Lipinski definition) is 0. The summed E-state index contributed by atoms with van der Waals surface area (Å²) in [6.07, 6.45) is 0. The molecule has 0 radical (unpaired) electrons. The van der Waals surface area contributed by atoms with Crippen molar-refractivity contribution >= 4 is 11.4 Å².